The summed E-state index contributed by atoms with van der Waals surface area (Å²) in [5.74, 6) is 0. The summed E-state index contributed by atoms with van der Waals surface area (Å²) in [4.78, 5) is 0. The van der Waals surface area contributed by atoms with Gasteiger partial charge in [0.25, 0.3) is 0 Å². The fourth-order valence-electron chi connectivity index (χ4n) is 1.28. The van der Waals surface area contributed by atoms with Crippen LogP contribution < -0.4 is 20.7 Å². The third kappa shape index (κ3) is 5.31. The second kappa shape index (κ2) is 8.53. The van der Waals surface area contributed by atoms with Crippen LogP contribution in [0.3, 0.4) is 0 Å². The quantitative estimate of drug-likeness (QED) is 0.487. The molecule has 0 aliphatic rings. The standard InChI is InChI=1S/C11H15O2.BrH.Mg/c1-3-12-11(13-4-2)10-8-6-5-7-9-10;;/h5-6,8-9,11H,3-4H2,1-2H3;1H;/q;;+1/p-1. The van der Waals surface area contributed by atoms with E-state index in [1.165, 1.54) is 3.69 Å². The Bertz CT molecular complexity index is 275. The summed E-state index contributed by atoms with van der Waals surface area (Å²) in [7, 11) is 0. The van der Waals surface area contributed by atoms with Gasteiger partial charge in [-0.05, 0) is 0 Å². The van der Waals surface area contributed by atoms with Gasteiger partial charge in [-0.1, -0.05) is 0 Å². The third-order valence-electron chi connectivity index (χ3n) is 1.86. The monoisotopic (exact) mass is 282 g/mol. The normalized spacial score (nSPS) is 10.2. The van der Waals surface area contributed by atoms with Gasteiger partial charge < -0.3 is 17.0 Å². The Kier molecular flexibility index (Phi) is 8.75. The molecule has 80 valence electrons. The maximum absolute atomic E-state index is 5.50. The van der Waals surface area contributed by atoms with Crippen LogP contribution in [-0.4, -0.2) is 34.9 Å². The van der Waals surface area contributed by atoms with Gasteiger partial charge in [-0.25, -0.2) is 0 Å². The molecule has 1 aromatic carbocycles. The van der Waals surface area contributed by atoms with Gasteiger partial charge in [-0.3, -0.25) is 0 Å². The Labute approximate surface area is 115 Å². The van der Waals surface area contributed by atoms with Crippen LogP contribution in [0, 0.1) is 0 Å². The van der Waals surface area contributed by atoms with Crippen molar-refractivity contribution in [3.05, 3.63) is 29.8 Å². The summed E-state index contributed by atoms with van der Waals surface area (Å²) in [5, 5.41) is 0. The maximum atomic E-state index is 5.50. The molecule has 0 saturated carbocycles. The molecular formula is C11H15BrMgO2. The third-order valence-corrected chi connectivity index (χ3v) is 2.30. The van der Waals surface area contributed by atoms with Crippen molar-refractivity contribution in [3.8, 4) is 0 Å². The predicted molar refractivity (Wildman–Crippen MR) is 57.8 cm³/mol. The minimum Gasteiger partial charge on any atom is -1.00 e. The van der Waals surface area contributed by atoms with Crippen molar-refractivity contribution in [1.29, 1.82) is 0 Å². The molecule has 2 nitrogen and oxygen atoms in total. The first-order valence-electron chi connectivity index (χ1n) is 4.93. The molecule has 0 atom stereocenters. The van der Waals surface area contributed by atoms with Crippen molar-refractivity contribution in [2.75, 3.05) is 13.2 Å². The SMILES string of the molecule is CCOC(OCC)c1ccc[c]([Mg+])c1.[Br-]. The van der Waals surface area contributed by atoms with E-state index in [9.17, 15) is 0 Å². The number of hydrogen-bond acceptors (Lipinski definition) is 2. The summed E-state index contributed by atoms with van der Waals surface area (Å²) in [6.07, 6.45) is -0.213. The zero-order valence-electron chi connectivity index (χ0n) is 9.20. The Hall–Kier alpha value is 0.386. The fraction of sp³-hybridized carbons (Fsp3) is 0.455. The predicted octanol–water partition coefficient (Wildman–Crippen LogP) is -1.44. The van der Waals surface area contributed by atoms with Crippen molar-refractivity contribution in [2.45, 2.75) is 20.1 Å². The first-order chi connectivity index (χ1) is 6.77. The van der Waals surface area contributed by atoms with E-state index in [0.29, 0.717) is 13.2 Å². The van der Waals surface area contributed by atoms with Crippen LogP contribution in [0.5, 0.6) is 0 Å². The second-order valence-corrected chi connectivity index (χ2v) is 3.80. The zero-order chi connectivity index (χ0) is 10.4. The van der Waals surface area contributed by atoms with Crippen LogP contribution >= 0.6 is 0 Å². The van der Waals surface area contributed by atoms with E-state index in [-0.39, 0.29) is 23.3 Å². The first kappa shape index (κ1) is 15.4. The zero-order valence-corrected chi connectivity index (χ0v) is 12.2. The number of hydrogen-bond donors (Lipinski definition) is 0. The van der Waals surface area contributed by atoms with Gasteiger partial charge in [0, 0.05) is 0 Å². The number of benzene rings is 1. The molecule has 0 amide bonds. The molecule has 0 fully saturated rings. The molecule has 0 heterocycles. The largest absolute Gasteiger partial charge is 1.00 e. The van der Waals surface area contributed by atoms with E-state index in [1.54, 1.807) is 0 Å². The molecule has 1 rings (SSSR count). The molecular weight excluding hydrogens is 268 g/mol. The van der Waals surface area contributed by atoms with E-state index in [0.717, 1.165) is 5.56 Å². The van der Waals surface area contributed by atoms with E-state index in [1.807, 2.05) is 47.7 Å². The van der Waals surface area contributed by atoms with Crippen molar-refractivity contribution in [1.82, 2.24) is 0 Å². The maximum Gasteiger partial charge on any atom is -1.00 e. The van der Waals surface area contributed by atoms with Crippen LogP contribution in [0.15, 0.2) is 24.3 Å². The van der Waals surface area contributed by atoms with Gasteiger partial charge in [-0.15, -0.1) is 0 Å². The molecule has 0 bridgehead atoms. The molecule has 4 heteroatoms. The van der Waals surface area contributed by atoms with Crippen molar-refractivity contribution < 1.29 is 26.5 Å². The Balaban J connectivity index is 0.00000196. The van der Waals surface area contributed by atoms with Crippen LogP contribution in [0.4, 0.5) is 0 Å². The van der Waals surface area contributed by atoms with Gasteiger partial charge in [0.15, 0.2) is 0 Å². The number of rotatable bonds is 5. The molecule has 0 aromatic heterocycles. The second-order valence-electron chi connectivity index (χ2n) is 2.99. The van der Waals surface area contributed by atoms with Gasteiger partial charge in [0.2, 0.25) is 0 Å². The molecule has 0 aliphatic carbocycles. The minimum atomic E-state index is -0.213. The Morgan fingerprint density at radius 3 is 2.27 bits per heavy atom. The van der Waals surface area contributed by atoms with E-state index in [2.05, 4.69) is 12.1 Å². The average molecular weight is 283 g/mol. The van der Waals surface area contributed by atoms with Crippen LogP contribution in [0.2, 0.25) is 0 Å². The summed E-state index contributed by atoms with van der Waals surface area (Å²) >= 11 is 1.87. The summed E-state index contributed by atoms with van der Waals surface area (Å²) in [6, 6.07) is 8.25. The van der Waals surface area contributed by atoms with E-state index in [4.69, 9.17) is 9.47 Å². The van der Waals surface area contributed by atoms with Gasteiger partial charge >= 0.3 is 98.1 Å². The van der Waals surface area contributed by atoms with E-state index < -0.39 is 0 Å². The van der Waals surface area contributed by atoms with Crippen molar-refractivity contribution in [3.63, 3.8) is 0 Å². The van der Waals surface area contributed by atoms with Crippen molar-refractivity contribution in [2.24, 2.45) is 0 Å². The molecule has 0 saturated heterocycles. The van der Waals surface area contributed by atoms with Gasteiger partial charge in [0.05, 0.1) is 0 Å². The summed E-state index contributed by atoms with van der Waals surface area (Å²) < 4.78 is 12.3. The molecule has 0 aliphatic heterocycles. The molecule has 0 radical (unpaired) electrons. The summed E-state index contributed by atoms with van der Waals surface area (Å²) in [5.41, 5.74) is 1.10. The van der Waals surface area contributed by atoms with Crippen LogP contribution in [0.1, 0.15) is 25.7 Å². The smallest absolute Gasteiger partial charge is 1.00 e. The number of halogens is 1. The van der Waals surface area contributed by atoms with Crippen LogP contribution in [0.25, 0.3) is 0 Å². The van der Waals surface area contributed by atoms with Gasteiger partial charge in [0.1, 0.15) is 0 Å². The molecule has 1 aromatic rings. The minimum absolute atomic E-state index is 0. The molecule has 15 heavy (non-hydrogen) atoms. The van der Waals surface area contributed by atoms with Crippen LogP contribution in [-0.2, 0) is 9.47 Å². The molecule has 0 N–H and O–H groups in total. The average Bonchev–Trinajstić information content (AvgIpc) is 2.17. The van der Waals surface area contributed by atoms with E-state index >= 15 is 0 Å². The summed E-state index contributed by atoms with van der Waals surface area (Å²) in [6.45, 7) is 5.29. The fourth-order valence-corrected chi connectivity index (χ4v) is 1.65. The Morgan fingerprint density at radius 1 is 1.20 bits per heavy atom. The van der Waals surface area contributed by atoms with Crippen molar-refractivity contribution >= 4 is 25.4 Å². The molecule has 0 unspecified atom stereocenters. The Morgan fingerprint density at radius 2 is 1.80 bits per heavy atom. The topological polar surface area (TPSA) is 18.5 Å². The number of ether oxygens (including phenoxy) is 2. The van der Waals surface area contributed by atoms with Gasteiger partial charge in [-0.2, -0.15) is 0 Å². The first-order valence-corrected chi connectivity index (χ1v) is 5.63. The molecule has 0 spiro atoms.